The van der Waals surface area contributed by atoms with Gasteiger partial charge in [0, 0.05) is 6.54 Å². The monoisotopic (exact) mass is 263 g/mol. The molecule has 0 aromatic rings. The fraction of sp³-hybridized carbons (Fsp3) is 1.00. The molecule has 1 N–H and O–H groups in total. The Morgan fingerprint density at radius 1 is 1.00 bits per heavy atom. The molecule has 0 amide bonds. The zero-order valence-electron chi connectivity index (χ0n) is 12.4. The van der Waals surface area contributed by atoms with E-state index in [1.54, 1.807) is 0 Å². The number of hydrogen-bond donors (Lipinski definition) is 1. The van der Waals surface area contributed by atoms with E-state index in [1.165, 1.54) is 0 Å². The topological polar surface area (TPSA) is 46.2 Å². The molecule has 0 aromatic heterocycles. The third-order valence-electron chi connectivity index (χ3n) is 2.87. The van der Waals surface area contributed by atoms with Gasteiger partial charge in [0.15, 0.2) is 0 Å². The molecule has 0 bridgehead atoms. The molecule has 0 radical (unpaired) electrons. The van der Waals surface area contributed by atoms with E-state index in [2.05, 4.69) is 32.4 Å². The zero-order chi connectivity index (χ0) is 13.9. The Balaban J connectivity index is 4.45. The second-order valence-corrected chi connectivity index (χ2v) is 8.63. The lowest BCUT2D eigenvalue weighted by molar-refractivity contribution is 0.288. The van der Waals surface area contributed by atoms with E-state index in [0.29, 0.717) is 24.3 Å². The van der Waals surface area contributed by atoms with Gasteiger partial charge in [0.2, 0.25) is 10.0 Å². The molecule has 0 spiro atoms. The summed E-state index contributed by atoms with van der Waals surface area (Å²) in [7, 11) is -3.15. The lowest BCUT2D eigenvalue weighted by atomic mass is 9.86. The fourth-order valence-corrected chi connectivity index (χ4v) is 3.77. The van der Waals surface area contributed by atoms with E-state index in [9.17, 15) is 8.42 Å². The van der Waals surface area contributed by atoms with Crippen molar-refractivity contribution >= 4 is 10.0 Å². The number of hydrogen-bond acceptors (Lipinski definition) is 2. The van der Waals surface area contributed by atoms with Gasteiger partial charge < -0.3 is 0 Å². The van der Waals surface area contributed by atoms with Crippen LogP contribution in [0, 0.1) is 23.2 Å². The van der Waals surface area contributed by atoms with Gasteiger partial charge in [-0.05, 0) is 23.2 Å². The molecule has 3 nitrogen and oxygen atoms in total. The predicted octanol–water partition coefficient (Wildman–Crippen LogP) is 2.88. The van der Waals surface area contributed by atoms with Crippen LogP contribution in [0.25, 0.3) is 0 Å². The Morgan fingerprint density at radius 3 is 1.71 bits per heavy atom. The van der Waals surface area contributed by atoms with Gasteiger partial charge in [-0.3, -0.25) is 0 Å². The van der Waals surface area contributed by atoms with Crippen LogP contribution in [0.5, 0.6) is 0 Å². The minimum absolute atomic E-state index is 0.183. The van der Waals surface area contributed by atoms with Crippen LogP contribution < -0.4 is 4.72 Å². The summed E-state index contributed by atoms with van der Waals surface area (Å²) in [5.41, 5.74) is -0.197. The van der Waals surface area contributed by atoms with Crippen molar-refractivity contribution in [2.75, 3.05) is 12.3 Å². The zero-order valence-corrected chi connectivity index (χ0v) is 13.2. The predicted molar refractivity (Wildman–Crippen MR) is 74.4 cm³/mol. The minimum Gasteiger partial charge on any atom is -0.215 e. The van der Waals surface area contributed by atoms with Gasteiger partial charge in [-0.25, -0.2) is 13.1 Å². The number of nitrogens with one attached hydrogen (secondary N) is 1. The molecule has 0 atom stereocenters. The van der Waals surface area contributed by atoms with Crippen molar-refractivity contribution in [3.8, 4) is 0 Å². The van der Waals surface area contributed by atoms with E-state index < -0.39 is 10.0 Å². The molecule has 104 valence electrons. The Morgan fingerprint density at radius 2 is 1.41 bits per heavy atom. The molecule has 0 aromatic carbocycles. The van der Waals surface area contributed by atoms with Gasteiger partial charge in [-0.1, -0.05) is 48.5 Å². The maximum Gasteiger partial charge on any atom is 0.212 e. The van der Waals surface area contributed by atoms with Crippen LogP contribution in [0.4, 0.5) is 0 Å². The SMILES string of the molecule is CC(C)C(CNS(=O)(=O)CC(C)(C)C)C(C)C. The fourth-order valence-electron chi connectivity index (χ4n) is 2.09. The normalized spacial score (nSPS) is 14.0. The molecule has 0 saturated carbocycles. The van der Waals surface area contributed by atoms with Crippen molar-refractivity contribution in [3.63, 3.8) is 0 Å². The largest absolute Gasteiger partial charge is 0.215 e. The summed E-state index contributed by atoms with van der Waals surface area (Å²) in [4.78, 5) is 0. The van der Waals surface area contributed by atoms with Crippen LogP contribution in [-0.4, -0.2) is 20.7 Å². The van der Waals surface area contributed by atoms with Crippen molar-refractivity contribution in [2.45, 2.75) is 48.5 Å². The first kappa shape index (κ1) is 16.9. The van der Waals surface area contributed by atoms with Crippen molar-refractivity contribution in [1.82, 2.24) is 4.72 Å². The average molecular weight is 263 g/mol. The average Bonchev–Trinajstić information content (AvgIpc) is 1.96. The molecule has 0 saturated heterocycles. The van der Waals surface area contributed by atoms with Gasteiger partial charge in [-0.15, -0.1) is 0 Å². The first-order valence-corrected chi connectivity index (χ1v) is 8.07. The molecular weight excluding hydrogens is 234 g/mol. The molecule has 0 aliphatic carbocycles. The van der Waals surface area contributed by atoms with E-state index >= 15 is 0 Å². The van der Waals surface area contributed by atoms with Gasteiger partial charge in [0.05, 0.1) is 5.75 Å². The number of rotatable bonds is 6. The lowest BCUT2D eigenvalue weighted by Gasteiger charge is -2.26. The highest BCUT2D eigenvalue weighted by atomic mass is 32.2. The Labute approximate surface area is 107 Å². The van der Waals surface area contributed by atoms with Crippen molar-refractivity contribution in [2.24, 2.45) is 23.2 Å². The number of sulfonamides is 1. The Bertz CT molecular complexity index is 305. The Hall–Kier alpha value is -0.0900. The standard InChI is InChI=1S/C13H29NO2S/c1-10(2)12(11(3)4)8-14-17(15,16)9-13(5,6)7/h10-12,14H,8-9H2,1-7H3. The summed E-state index contributed by atoms with van der Waals surface area (Å²) in [6.07, 6.45) is 0. The van der Waals surface area contributed by atoms with Crippen molar-refractivity contribution < 1.29 is 8.42 Å². The minimum atomic E-state index is -3.15. The molecule has 0 unspecified atom stereocenters. The van der Waals surface area contributed by atoms with Gasteiger partial charge >= 0.3 is 0 Å². The van der Waals surface area contributed by atoms with E-state index in [-0.39, 0.29) is 11.2 Å². The third kappa shape index (κ3) is 7.77. The summed E-state index contributed by atoms with van der Waals surface area (Å²) >= 11 is 0. The molecular formula is C13H29NO2S. The second kappa shape index (κ2) is 6.19. The highest BCUT2D eigenvalue weighted by Gasteiger charge is 2.24. The molecule has 0 aliphatic heterocycles. The molecule has 17 heavy (non-hydrogen) atoms. The molecule has 4 heteroatoms. The van der Waals surface area contributed by atoms with Crippen LogP contribution in [0.2, 0.25) is 0 Å². The second-order valence-electron chi connectivity index (χ2n) is 6.82. The maximum absolute atomic E-state index is 11.9. The first-order valence-electron chi connectivity index (χ1n) is 6.42. The van der Waals surface area contributed by atoms with Crippen molar-refractivity contribution in [1.29, 1.82) is 0 Å². The van der Waals surface area contributed by atoms with Gasteiger partial charge in [0.1, 0.15) is 0 Å². The Kier molecular flexibility index (Phi) is 6.15. The first-order chi connectivity index (χ1) is 7.44. The smallest absolute Gasteiger partial charge is 0.212 e. The summed E-state index contributed by atoms with van der Waals surface area (Å²) in [5, 5.41) is 0. The highest BCUT2D eigenvalue weighted by Crippen LogP contribution is 2.20. The van der Waals surface area contributed by atoms with E-state index in [4.69, 9.17) is 0 Å². The van der Waals surface area contributed by atoms with Crippen LogP contribution in [0.15, 0.2) is 0 Å². The van der Waals surface area contributed by atoms with Crippen LogP contribution >= 0.6 is 0 Å². The summed E-state index contributed by atoms with van der Waals surface area (Å²) in [5.74, 6) is 1.56. The highest BCUT2D eigenvalue weighted by molar-refractivity contribution is 7.89. The van der Waals surface area contributed by atoms with Crippen LogP contribution in [0.1, 0.15) is 48.5 Å². The molecule has 0 heterocycles. The third-order valence-corrected chi connectivity index (χ3v) is 4.73. The molecule has 0 aliphatic rings. The van der Waals surface area contributed by atoms with E-state index in [0.717, 1.165) is 0 Å². The van der Waals surface area contributed by atoms with Gasteiger partial charge in [-0.2, -0.15) is 0 Å². The van der Waals surface area contributed by atoms with E-state index in [1.807, 2.05) is 20.8 Å². The van der Waals surface area contributed by atoms with Crippen LogP contribution in [0.3, 0.4) is 0 Å². The van der Waals surface area contributed by atoms with Gasteiger partial charge in [0.25, 0.3) is 0 Å². The summed E-state index contributed by atoms with van der Waals surface area (Å²) in [6.45, 7) is 14.9. The lowest BCUT2D eigenvalue weighted by Crippen LogP contribution is -2.38. The quantitative estimate of drug-likeness (QED) is 0.801. The summed E-state index contributed by atoms with van der Waals surface area (Å²) in [6, 6.07) is 0. The maximum atomic E-state index is 11.9. The van der Waals surface area contributed by atoms with Crippen LogP contribution in [-0.2, 0) is 10.0 Å². The molecule has 0 fully saturated rings. The summed E-state index contributed by atoms with van der Waals surface area (Å²) < 4.78 is 26.5. The van der Waals surface area contributed by atoms with Crippen molar-refractivity contribution in [3.05, 3.63) is 0 Å². The molecule has 0 rings (SSSR count).